The van der Waals surface area contributed by atoms with Gasteiger partial charge in [0, 0.05) is 14.2 Å². The molecule has 0 heterocycles. The molecule has 0 aromatic rings. The van der Waals surface area contributed by atoms with E-state index < -0.39 is 79.4 Å². The molecule has 0 spiro atoms. The van der Waals surface area contributed by atoms with Crippen LogP contribution in [0.25, 0.3) is 0 Å². The Balaban J connectivity index is 1.87. The van der Waals surface area contributed by atoms with Gasteiger partial charge in [-0.2, -0.15) is 0 Å². The minimum absolute atomic E-state index is 0.0273. The third kappa shape index (κ3) is 11.8. The maximum absolute atomic E-state index is 11.0. The fourth-order valence-corrected chi connectivity index (χ4v) is 4.86. The summed E-state index contributed by atoms with van der Waals surface area (Å²) in [5.41, 5.74) is 0. The highest BCUT2D eigenvalue weighted by Gasteiger charge is 2.51. The minimum atomic E-state index is -1.73. The van der Waals surface area contributed by atoms with Crippen molar-refractivity contribution in [2.24, 2.45) is 0 Å². The Morgan fingerprint density at radius 3 is 1.16 bits per heavy atom. The zero-order chi connectivity index (χ0) is 32.6. The molecule has 0 radical (unpaired) electrons. The first-order chi connectivity index (χ1) is 21.1. The number of hydrogen-bond donors (Lipinski definition) is 8. The van der Waals surface area contributed by atoms with E-state index >= 15 is 0 Å². The second-order valence-corrected chi connectivity index (χ2v) is 10.6. The molecule has 8 N–H and O–H groups in total. The Bertz CT molecular complexity index is 690. The maximum Gasteiger partial charge on any atom is 0.115 e. The van der Waals surface area contributed by atoms with E-state index in [1.165, 1.54) is 0 Å². The molecule has 0 saturated heterocycles. The largest absolute Gasteiger partial charge is 0.387 e. The van der Waals surface area contributed by atoms with Crippen LogP contribution in [0.5, 0.6) is 0 Å². The first-order valence-electron chi connectivity index (χ1n) is 14.7. The van der Waals surface area contributed by atoms with E-state index in [2.05, 4.69) is 0 Å². The van der Waals surface area contributed by atoms with Gasteiger partial charge in [0.25, 0.3) is 0 Å². The highest BCUT2D eigenvalue weighted by molar-refractivity contribution is 5.01. The second kappa shape index (κ2) is 21.2. The summed E-state index contributed by atoms with van der Waals surface area (Å²) in [4.78, 5) is 0. The van der Waals surface area contributed by atoms with Crippen LogP contribution < -0.4 is 0 Å². The van der Waals surface area contributed by atoms with E-state index in [0.29, 0.717) is 26.4 Å². The monoisotopic (exact) mass is 648 g/mol. The molecule has 0 aliphatic heterocycles. The van der Waals surface area contributed by atoms with Crippen LogP contribution in [0.4, 0.5) is 0 Å². The van der Waals surface area contributed by atoms with E-state index in [9.17, 15) is 40.9 Å². The zero-order valence-corrected chi connectivity index (χ0v) is 25.5. The van der Waals surface area contributed by atoms with Gasteiger partial charge in [-0.25, -0.2) is 0 Å². The normalized spacial score (nSPS) is 36.9. The molecule has 4 unspecified atom stereocenters. The number of aliphatic hydroxyl groups excluding tert-OH is 8. The molecule has 17 heteroatoms. The van der Waals surface area contributed by atoms with Gasteiger partial charge in [-0.1, -0.05) is 0 Å². The fraction of sp³-hybridized carbons (Fsp3) is 1.00. The van der Waals surface area contributed by atoms with Crippen LogP contribution >= 0.6 is 0 Å². The summed E-state index contributed by atoms with van der Waals surface area (Å²) in [6.45, 7) is 3.24. The number of ether oxygens (including phenoxy) is 9. The van der Waals surface area contributed by atoms with Crippen molar-refractivity contribution in [3.8, 4) is 0 Å². The Labute approximate surface area is 257 Å². The van der Waals surface area contributed by atoms with Gasteiger partial charge < -0.3 is 83.5 Å². The minimum Gasteiger partial charge on any atom is -0.387 e. The fourth-order valence-electron chi connectivity index (χ4n) is 4.86. The van der Waals surface area contributed by atoms with Gasteiger partial charge in [-0.3, -0.25) is 0 Å². The van der Waals surface area contributed by atoms with Gasteiger partial charge >= 0.3 is 0 Å². The standard InChI is InChI=1S/C27H52O17/c1-15(14-44-24-19(31)17(29)16(28)18(30)20(24)32)40-12-13-43-27-22(34)25(41-10-8-38-6-4-36-2)21(33)26(23(27)35)42-11-9-39-7-5-37-3/h15-35H,4-14H2,1-3H3/t15-,16?,17-,18+,19+,20-,21?,22-,23+,24?,25+,26-,27?/m0/s1. The van der Waals surface area contributed by atoms with Crippen LogP contribution in [0.15, 0.2) is 0 Å². The van der Waals surface area contributed by atoms with Crippen LogP contribution in [0.3, 0.4) is 0 Å². The lowest BCUT2D eigenvalue weighted by atomic mass is 9.84. The maximum atomic E-state index is 11.0. The summed E-state index contributed by atoms with van der Waals surface area (Å²) < 4.78 is 48.8. The summed E-state index contributed by atoms with van der Waals surface area (Å²) in [5.74, 6) is 0. The lowest BCUT2D eigenvalue weighted by Gasteiger charge is -2.45. The van der Waals surface area contributed by atoms with Crippen molar-refractivity contribution in [1.29, 1.82) is 0 Å². The van der Waals surface area contributed by atoms with Crippen molar-refractivity contribution in [3.05, 3.63) is 0 Å². The van der Waals surface area contributed by atoms with E-state index in [-0.39, 0.29) is 46.2 Å². The molecule has 2 saturated carbocycles. The van der Waals surface area contributed by atoms with Crippen molar-refractivity contribution in [2.45, 2.75) is 86.3 Å². The highest BCUT2D eigenvalue weighted by Crippen LogP contribution is 2.28. The quantitative estimate of drug-likeness (QED) is 0.0513. The lowest BCUT2D eigenvalue weighted by molar-refractivity contribution is -0.260. The average molecular weight is 649 g/mol. The molecule has 0 aromatic heterocycles. The van der Waals surface area contributed by atoms with Gasteiger partial charge in [0.15, 0.2) is 0 Å². The predicted octanol–water partition coefficient (Wildman–Crippen LogP) is -4.83. The molecule has 2 aliphatic carbocycles. The molecular weight excluding hydrogens is 596 g/mol. The molecule has 17 nitrogen and oxygen atoms in total. The summed E-state index contributed by atoms with van der Waals surface area (Å²) >= 11 is 0. The van der Waals surface area contributed by atoms with E-state index in [1.807, 2.05) is 0 Å². The predicted molar refractivity (Wildman–Crippen MR) is 148 cm³/mol. The van der Waals surface area contributed by atoms with Crippen LogP contribution in [-0.4, -0.2) is 207 Å². The van der Waals surface area contributed by atoms with Gasteiger partial charge in [-0.15, -0.1) is 0 Å². The second-order valence-electron chi connectivity index (χ2n) is 10.6. The van der Waals surface area contributed by atoms with Crippen molar-refractivity contribution < 1.29 is 83.5 Å². The summed E-state index contributed by atoms with van der Waals surface area (Å²) in [7, 11) is 3.09. The van der Waals surface area contributed by atoms with Crippen LogP contribution in [0, 0.1) is 0 Å². The Kier molecular flexibility index (Phi) is 19.1. The third-order valence-electron chi connectivity index (χ3n) is 7.35. The molecule has 2 fully saturated rings. The highest BCUT2D eigenvalue weighted by atomic mass is 16.6. The van der Waals surface area contributed by atoms with Crippen LogP contribution in [0.2, 0.25) is 0 Å². The van der Waals surface area contributed by atoms with Gasteiger partial charge in [0.05, 0.1) is 78.8 Å². The number of methoxy groups -OCH3 is 2. The Morgan fingerprint density at radius 2 is 0.750 bits per heavy atom. The number of hydrogen-bond acceptors (Lipinski definition) is 17. The summed E-state index contributed by atoms with van der Waals surface area (Å²) in [5, 5.41) is 82.4. The van der Waals surface area contributed by atoms with Crippen LogP contribution in [0.1, 0.15) is 6.92 Å². The average Bonchev–Trinajstić information content (AvgIpc) is 3.00. The van der Waals surface area contributed by atoms with Gasteiger partial charge in [0.2, 0.25) is 0 Å². The van der Waals surface area contributed by atoms with Crippen molar-refractivity contribution in [1.82, 2.24) is 0 Å². The van der Waals surface area contributed by atoms with Crippen molar-refractivity contribution >= 4 is 0 Å². The molecule has 2 rings (SSSR count). The summed E-state index contributed by atoms with van der Waals surface area (Å²) in [6.07, 6.45) is -18.2. The Hall–Kier alpha value is -0.680. The Morgan fingerprint density at radius 1 is 0.409 bits per heavy atom. The lowest BCUT2D eigenvalue weighted by Crippen LogP contribution is -2.66. The van der Waals surface area contributed by atoms with Crippen molar-refractivity contribution in [2.75, 3.05) is 86.9 Å². The van der Waals surface area contributed by atoms with Crippen molar-refractivity contribution in [3.63, 3.8) is 0 Å². The SMILES string of the molecule is COCCOCCO[C@@H]1C(O)[C@H](OCCOCCOC)[C@@H](O)C(OCCO[C@@H](C)COC2[C@@H](O)[C@H](O)C(O)[C@H](O)[C@H]2O)[C@H]1O. The number of aliphatic hydroxyl groups is 8. The smallest absolute Gasteiger partial charge is 0.115 e. The molecule has 2 aliphatic rings. The molecule has 13 atom stereocenters. The molecule has 44 heavy (non-hydrogen) atoms. The third-order valence-corrected chi connectivity index (χ3v) is 7.35. The van der Waals surface area contributed by atoms with Crippen LogP contribution in [-0.2, 0) is 42.6 Å². The van der Waals surface area contributed by atoms with E-state index in [0.717, 1.165) is 0 Å². The molecular formula is C27H52O17. The zero-order valence-electron chi connectivity index (χ0n) is 25.5. The summed E-state index contributed by atoms with van der Waals surface area (Å²) in [6, 6.07) is 0. The number of rotatable bonds is 22. The van der Waals surface area contributed by atoms with Gasteiger partial charge in [-0.05, 0) is 6.92 Å². The first-order valence-corrected chi connectivity index (χ1v) is 14.7. The first kappa shape index (κ1) is 39.5. The van der Waals surface area contributed by atoms with Gasteiger partial charge in [0.1, 0.15) is 73.2 Å². The molecule has 0 bridgehead atoms. The molecule has 0 amide bonds. The van der Waals surface area contributed by atoms with E-state index in [1.54, 1.807) is 21.1 Å². The van der Waals surface area contributed by atoms with E-state index in [4.69, 9.17) is 42.6 Å². The molecule has 262 valence electrons. The topological polar surface area (TPSA) is 245 Å². The molecule has 0 aromatic carbocycles.